The van der Waals surface area contributed by atoms with Gasteiger partial charge in [0.15, 0.2) is 0 Å². The number of hydrogen-bond acceptors (Lipinski definition) is 3. The standard InChI is InChI=1S/C20H27N3O/c1-16(23-12-3-4-13-23)8-9-20(24)22(2)15-18-7-5-6-17-14-21-11-10-19(17)18/h5-7,10-11,14,16H,3-4,8-9,12-13,15H2,1-2H3. The van der Waals surface area contributed by atoms with Gasteiger partial charge in [0.1, 0.15) is 0 Å². The van der Waals surface area contributed by atoms with Crippen LogP contribution in [0.3, 0.4) is 0 Å². The monoisotopic (exact) mass is 325 g/mol. The fraction of sp³-hybridized carbons (Fsp3) is 0.500. The van der Waals surface area contributed by atoms with Crippen LogP contribution >= 0.6 is 0 Å². The van der Waals surface area contributed by atoms with Gasteiger partial charge >= 0.3 is 0 Å². The summed E-state index contributed by atoms with van der Waals surface area (Å²) in [5.41, 5.74) is 1.18. The lowest BCUT2D eigenvalue weighted by atomic mass is 10.1. The van der Waals surface area contributed by atoms with Gasteiger partial charge in [0.05, 0.1) is 0 Å². The molecule has 1 aromatic heterocycles. The summed E-state index contributed by atoms with van der Waals surface area (Å²) in [6.45, 7) is 5.28. The maximum Gasteiger partial charge on any atom is 0.222 e. The molecule has 1 aliphatic rings. The van der Waals surface area contributed by atoms with E-state index in [-0.39, 0.29) is 5.91 Å². The normalized spacial score (nSPS) is 16.4. The van der Waals surface area contributed by atoms with Gasteiger partial charge in [-0.05, 0) is 56.3 Å². The van der Waals surface area contributed by atoms with Crippen LogP contribution in [-0.2, 0) is 11.3 Å². The van der Waals surface area contributed by atoms with E-state index in [4.69, 9.17) is 0 Å². The Kier molecular flexibility index (Phi) is 5.46. The van der Waals surface area contributed by atoms with Crippen LogP contribution in [0.4, 0.5) is 0 Å². The number of fused-ring (bicyclic) bond motifs is 1. The zero-order chi connectivity index (χ0) is 16.9. The molecule has 4 heteroatoms. The van der Waals surface area contributed by atoms with Crippen molar-refractivity contribution in [2.75, 3.05) is 20.1 Å². The maximum atomic E-state index is 12.5. The zero-order valence-electron chi connectivity index (χ0n) is 14.7. The van der Waals surface area contributed by atoms with E-state index < -0.39 is 0 Å². The molecule has 0 aliphatic carbocycles. The van der Waals surface area contributed by atoms with Crippen molar-refractivity contribution < 1.29 is 4.79 Å². The number of rotatable bonds is 6. The van der Waals surface area contributed by atoms with Gasteiger partial charge in [-0.2, -0.15) is 0 Å². The number of likely N-dealkylation sites (tertiary alicyclic amines) is 1. The number of benzene rings is 1. The average molecular weight is 325 g/mol. The van der Waals surface area contributed by atoms with Crippen molar-refractivity contribution in [2.45, 2.75) is 45.2 Å². The second kappa shape index (κ2) is 7.75. The minimum atomic E-state index is 0.229. The van der Waals surface area contributed by atoms with Crippen molar-refractivity contribution in [2.24, 2.45) is 0 Å². The van der Waals surface area contributed by atoms with Gasteiger partial charge in [-0.15, -0.1) is 0 Å². The predicted molar refractivity (Wildman–Crippen MR) is 97.7 cm³/mol. The molecule has 1 aromatic carbocycles. The zero-order valence-corrected chi connectivity index (χ0v) is 14.7. The molecule has 2 aromatic rings. The number of carbonyl (C=O) groups excluding carboxylic acids is 1. The van der Waals surface area contributed by atoms with E-state index in [2.05, 4.69) is 28.9 Å². The van der Waals surface area contributed by atoms with Crippen LogP contribution in [0.5, 0.6) is 0 Å². The number of pyridine rings is 1. The molecule has 1 saturated heterocycles. The minimum Gasteiger partial charge on any atom is -0.341 e. The summed E-state index contributed by atoms with van der Waals surface area (Å²) in [4.78, 5) is 21.0. The van der Waals surface area contributed by atoms with Crippen molar-refractivity contribution in [1.82, 2.24) is 14.8 Å². The Morgan fingerprint density at radius 3 is 2.88 bits per heavy atom. The van der Waals surface area contributed by atoms with Crippen LogP contribution < -0.4 is 0 Å². The molecule has 2 heterocycles. The van der Waals surface area contributed by atoms with Crippen molar-refractivity contribution in [3.63, 3.8) is 0 Å². The first-order chi connectivity index (χ1) is 11.6. The first kappa shape index (κ1) is 16.9. The fourth-order valence-electron chi connectivity index (χ4n) is 3.56. The molecule has 1 fully saturated rings. The predicted octanol–water partition coefficient (Wildman–Crippen LogP) is 3.46. The van der Waals surface area contributed by atoms with Crippen LogP contribution in [0.25, 0.3) is 10.8 Å². The fourth-order valence-corrected chi connectivity index (χ4v) is 3.56. The molecule has 24 heavy (non-hydrogen) atoms. The molecule has 0 saturated carbocycles. The summed E-state index contributed by atoms with van der Waals surface area (Å²) < 4.78 is 0. The largest absolute Gasteiger partial charge is 0.341 e. The lowest BCUT2D eigenvalue weighted by Gasteiger charge is -2.25. The van der Waals surface area contributed by atoms with E-state index in [0.29, 0.717) is 19.0 Å². The van der Waals surface area contributed by atoms with Gasteiger partial charge in [-0.3, -0.25) is 9.78 Å². The van der Waals surface area contributed by atoms with E-state index in [1.54, 1.807) is 0 Å². The molecular formula is C20H27N3O. The van der Waals surface area contributed by atoms with Gasteiger partial charge in [0.2, 0.25) is 5.91 Å². The quantitative estimate of drug-likeness (QED) is 0.816. The third-order valence-corrected chi connectivity index (χ3v) is 5.14. The maximum absolute atomic E-state index is 12.5. The SMILES string of the molecule is CC(CCC(=O)N(C)Cc1cccc2cnccc12)N1CCCC1. The third kappa shape index (κ3) is 3.93. The molecular weight excluding hydrogens is 298 g/mol. The summed E-state index contributed by atoms with van der Waals surface area (Å²) in [5.74, 6) is 0.229. The van der Waals surface area contributed by atoms with Crippen LogP contribution in [0.2, 0.25) is 0 Å². The number of hydrogen-bond donors (Lipinski definition) is 0. The number of aromatic nitrogens is 1. The van der Waals surface area contributed by atoms with E-state index in [1.165, 1.54) is 36.9 Å². The lowest BCUT2D eigenvalue weighted by Crippen LogP contribution is -2.32. The molecule has 0 spiro atoms. The topological polar surface area (TPSA) is 36.4 Å². The summed E-state index contributed by atoms with van der Waals surface area (Å²) in [7, 11) is 1.91. The van der Waals surface area contributed by atoms with Gasteiger partial charge < -0.3 is 9.80 Å². The Balaban J connectivity index is 1.57. The van der Waals surface area contributed by atoms with Crippen LogP contribution in [0, 0.1) is 0 Å². The van der Waals surface area contributed by atoms with Crippen LogP contribution in [-0.4, -0.2) is 46.9 Å². The summed E-state index contributed by atoms with van der Waals surface area (Å²) in [6, 6.07) is 8.73. The molecule has 128 valence electrons. The molecule has 1 aliphatic heterocycles. The van der Waals surface area contributed by atoms with Gasteiger partial charge in [0, 0.05) is 43.8 Å². The minimum absolute atomic E-state index is 0.229. The highest BCUT2D eigenvalue weighted by molar-refractivity contribution is 5.85. The van der Waals surface area contributed by atoms with Crippen LogP contribution in [0.1, 0.15) is 38.2 Å². The Bertz CT molecular complexity index is 689. The van der Waals surface area contributed by atoms with E-state index in [1.807, 2.05) is 36.5 Å². The summed E-state index contributed by atoms with van der Waals surface area (Å²) in [6.07, 6.45) is 7.86. The van der Waals surface area contributed by atoms with E-state index in [9.17, 15) is 4.79 Å². The number of amides is 1. The summed E-state index contributed by atoms with van der Waals surface area (Å²) in [5, 5.41) is 2.30. The smallest absolute Gasteiger partial charge is 0.222 e. The molecule has 0 bridgehead atoms. The first-order valence-electron chi connectivity index (χ1n) is 8.95. The van der Waals surface area contributed by atoms with Crippen LogP contribution in [0.15, 0.2) is 36.7 Å². The summed E-state index contributed by atoms with van der Waals surface area (Å²) >= 11 is 0. The molecule has 0 radical (unpaired) electrons. The lowest BCUT2D eigenvalue weighted by molar-refractivity contribution is -0.130. The first-order valence-corrected chi connectivity index (χ1v) is 8.95. The highest BCUT2D eigenvalue weighted by atomic mass is 16.2. The Hall–Kier alpha value is -1.94. The van der Waals surface area contributed by atoms with Gasteiger partial charge in [-0.25, -0.2) is 0 Å². The second-order valence-corrected chi connectivity index (χ2v) is 6.89. The highest BCUT2D eigenvalue weighted by Gasteiger charge is 2.19. The van der Waals surface area contributed by atoms with Crippen molar-refractivity contribution in [1.29, 1.82) is 0 Å². The van der Waals surface area contributed by atoms with E-state index in [0.717, 1.165) is 11.8 Å². The molecule has 3 rings (SSSR count). The molecule has 4 nitrogen and oxygen atoms in total. The van der Waals surface area contributed by atoms with Gasteiger partial charge in [0.25, 0.3) is 0 Å². The Morgan fingerprint density at radius 1 is 1.29 bits per heavy atom. The molecule has 0 N–H and O–H groups in total. The number of carbonyl (C=O) groups is 1. The van der Waals surface area contributed by atoms with Gasteiger partial charge in [-0.1, -0.05) is 18.2 Å². The van der Waals surface area contributed by atoms with Crippen molar-refractivity contribution >= 4 is 16.7 Å². The number of nitrogens with zero attached hydrogens (tertiary/aromatic N) is 3. The Labute approximate surface area is 144 Å². The molecule has 1 atom stereocenters. The highest BCUT2D eigenvalue weighted by Crippen LogP contribution is 2.20. The van der Waals surface area contributed by atoms with Crippen molar-refractivity contribution in [3.8, 4) is 0 Å². The third-order valence-electron chi connectivity index (χ3n) is 5.14. The molecule has 1 unspecified atom stereocenters. The second-order valence-electron chi connectivity index (χ2n) is 6.89. The average Bonchev–Trinajstić information content (AvgIpc) is 3.14. The molecule has 1 amide bonds. The van der Waals surface area contributed by atoms with E-state index >= 15 is 0 Å². The van der Waals surface area contributed by atoms with Crippen molar-refractivity contribution in [3.05, 3.63) is 42.2 Å². The Morgan fingerprint density at radius 2 is 2.08 bits per heavy atom.